The molecule has 5 heteroatoms. The first-order valence-corrected chi connectivity index (χ1v) is 7.74. The molecule has 0 saturated heterocycles. The number of anilines is 1. The first-order valence-electron chi connectivity index (χ1n) is 7.37. The summed E-state index contributed by atoms with van der Waals surface area (Å²) in [5.74, 6) is 0.344. The Kier molecular flexibility index (Phi) is 5.88. The van der Waals surface area contributed by atoms with Crippen LogP contribution in [0.15, 0.2) is 42.5 Å². The largest absolute Gasteiger partial charge is 0.489 e. The van der Waals surface area contributed by atoms with Gasteiger partial charge in [0, 0.05) is 12.2 Å². The van der Waals surface area contributed by atoms with Gasteiger partial charge in [-0.1, -0.05) is 17.7 Å². The number of hydrogen-bond donors (Lipinski definition) is 1. The van der Waals surface area contributed by atoms with Crippen LogP contribution in [0.25, 0.3) is 0 Å². The van der Waals surface area contributed by atoms with E-state index in [1.54, 1.807) is 12.1 Å². The van der Waals surface area contributed by atoms with Crippen LogP contribution >= 0.6 is 11.6 Å². The minimum atomic E-state index is -0.343. The van der Waals surface area contributed by atoms with E-state index in [1.165, 1.54) is 7.11 Å². The summed E-state index contributed by atoms with van der Waals surface area (Å²) in [6.07, 6.45) is 0.0878. The Bertz CT molecular complexity index is 668. The summed E-state index contributed by atoms with van der Waals surface area (Å²) in [6.45, 7) is 4.55. The first kappa shape index (κ1) is 17.2. The maximum absolute atomic E-state index is 11.4. The Morgan fingerprint density at radius 3 is 2.43 bits per heavy atom. The van der Waals surface area contributed by atoms with Gasteiger partial charge >= 0.3 is 5.97 Å². The Hall–Kier alpha value is -2.20. The number of nitrogens with one attached hydrogen (secondary N) is 1. The van der Waals surface area contributed by atoms with Gasteiger partial charge in [-0.15, -0.1) is 0 Å². The van der Waals surface area contributed by atoms with Crippen molar-refractivity contribution in [2.24, 2.45) is 0 Å². The van der Waals surface area contributed by atoms with Crippen molar-refractivity contribution in [1.29, 1.82) is 0 Å². The van der Waals surface area contributed by atoms with Gasteiger partial charge in [0.25, 0.3) is 0 Å². The second kappa shape index (κ2) is 7.88. The van der Waals surface area contributed by atoms with Crippen molar-refractivity contribution in [3.8, 4) is 5.75 Å². The summed E-state index contributed by atoms with van der Waals surface area (Å²) in [5, 5.41) is 3.88. The highest BCUT2D eigenvalue weighted by Gasteiger charge is 2.06. The van der Waals surface area contributed by atoms with Crippen LogP contribution in [-0.4, -0.2) is 19.2 Å². The van der Waals surface area contributed by atoms with E-state index in [0.717, 1.165) is 11.3 Å². The predicted molar refractivity (Wildman–Crippen MR) is 92.3 cm³/mol. The fraction of sp³-hybridized carbons (Fsp3) is 0.278. The van der Waals surface area contributed by atoms with E-state index in [4.69, 9.17) is 16.3 Å². The molecule has 0 spiro atoms. The van der Waals surface area contributed by atoms with Crippen molar-refractivity contribution in [3.05, 3.63) is 58.6 Å². The molecule has 0 aliphatic heterocycles. The summed E-state index contributed by atoms with van der Waals surface area (Å²) in [5.41, 5.74) is 2.48. The summed E-state index contributed by atoms with van der Waals surface area (Å²) < 4.78 is 10.3. The highest BCUT2D eigenvalue weighted by molar-refractivity contribution is 6.32. The molecule has 0 fully saturated rings. The first-order chi connectivity index (χ1) is 11.0. The Labute approximate surface area is 141 Å². The molecule has 0 atom stereocenters. The Morgan fingerprint density at radius 2 is 1.87 bits per heavy atom. The van der Waals surface area contributed by atoms with Gasteiger partial charge in [0.2, 0.25) is 0 Å². The van der Waals surface area contributed by atoms with Crippen molar-refractivity contribution in [3.63, 3.8) is 0 Å². The van der Waals surface area contributed by atoms with Gasteiger partial charge in [-0.25, -0.2) is 4.79 Å². The van der Waals surface area contributed by atoms with Crippen molar-refractivity contribution in [2.75, 3.05) is 12.4 Å². The highest BCUT2D eigenvalue weighted by Crippen LogP contribution is 2.26. The summed E-state index contributed by atoms with van der Waals surface area (Å²) in [7, 11) is 1.37. The van der Waals surface area contributed by atoms with Crippen molar-refractivity contribution >= 4 is 23.3 Å². The minimum absolute atomic E-state index is 0.0878. The molecule has 0 aliphatic rings. The lowest BCUT2D eigenvalue weighted by Gasteiger charge is -2.13. The third kappa shape index (κ3) is 4.89. The SMILES string of the molecule is COC(=O)c1ccc(NCc2ccc(OC(C)C)c(Cl)c2)cc1. The molecule has 2 aromatic rings. The lowest BCUT2D eigenvalue weighted by molar-refractivity contribution is 0.0601. The third-order valence-corrected chi connectivity index (χ3v) is 3.46. The van der Waals surface area contributed by atoms with Crippen LogP contribution < -0.4 is 10.1 Å². The topological polar surface area (TPSA) is 47.6 Å². The van der Waals surface area contributed by atoms with Crippen LogP contribution in [0.5, 0.6) is 5.75 Å². The number of halogens is 1. The lowest BCUT2D eigenvalue weighted by atomic mass is 10.2. The number of rotatable bonds is 6. The smallest absolute Gasteiger partial charge is 0.337 e. The third-order valence-electron chi connectivity index (χ3n) is 3.16. The molecule has 0 saturated carbocycles. The second-order valence-corrected chi connectivity index (χ2v) is 5.76. The maximum Gasteiger partial charge on any atom is 0.337 e. The van der Waals surface area contributed by atoms with E-state index in [0.29, 0.717) is 22.9 Å². The van der Waals surface area contributed by atoms with Crippen LogP contribution in [0.1, 0.15) is 29.8 Å². The fourth-order valence-electron chi connectivity index (χ4n) is 2.05. The van der Waals surface area contributed by atoms with E-state index in [9.17, 15) is 4.79 Å². The normalized spacial score (nSPS) is 10.5. The highest BCUT2D eigenvalue weighted by atomic mass is 35.5. The van der Waals surface area contributed by atoms with Gasteiger partial charge in [-0.3, -0.25) is 0 Å². The second-order valence-electron chi connectivity index (χ2n) is 5.35. The standard InChI is InChI=1S/C18H20ClNO3/c1-12(2)23-17-9-4-13(10-16(17)19)11-20-15-7-5-14(6-8-15)18(21)22-3/h4-10,12,20H,11H2,1-3H3. The van der Waals surface area contributed by atoms with E-state index < -0.39 is 0 Å². The number of esters is 1. The molecule has 0 bridgehead atoms. The zero-order chi connectivity index (χ0) is 16.8. The number of methoxy groups -OCH3 is 1. The molecular weight excluding hydrogens is 314 g/mol. The Balaban J connectivity index is 1.98. The number of hydrogen-bond acceptors (Lipinski definition) is 4. The number of benzene rings is 2. The molecule has 1 N–H and O–H groups in total. The fourth-order valence-corrected chi connectivity index (χ4v) is 2.30. The van der Waals surface area contributed by atoms with E-state index in [2.05, 4.69) is 10.1 Å². The summed E-state index contributed by atoms with van der Waals surface area (Å²) >= 11 is 6.22. The van der Waals surface area contributed by atoms with E-state index >= 15 is 0 Å². The molecule has 0 aromatic heterocycles. The van der Waals surface area contributed by atoms with Gasteiger partial charge in [0.15, 0.2) is 0 Å². The summed E-state index contributed by atoms with van der Waals surface area (Å²) in [4.78, 5) is 11.4. The lowest BCUT2D eigenvalue weighted by Crippen LogP contribution is -2.06. The maximum atomic E-state index is 11.4. The molecule has 0 amide bonds. The zero-order valence-corrected chi connectivity index (χ0v) is 14.2. The monoisotopic (exact) mass is 333 g/mol. The van der Waals surface area contributed by atoms with Crippen molar-refractivity contribution in [2.45, 2.75) is 26.5 Å². The van der Waals surface area contributed by atoms with E-state index in [-0.39, 0.29) is 12.1 Å². The van der Waals surface area contributed by atoms with Crippen molar-refractivity contribution in [1.82, 2.24) is 0 Å². The van der Waals surface area contributed by atoms with Crippen LogP contribution in [0, 0.1) is 0 Å². The molecule has 0 aliphatic carbocycles. The molecular formula is C18H20ClNO3. The van der Waals surface area contributed by atoms with Crippen LogP contribution in [-0.2, 0) is 11.3 Å². The van der Waals surface area contributed by atoms with E-state index in [1.807, 2.05) is 44.2 Å². The molecule has 4 nitrogen and oxygen atoms in total. The number of carbonyl (C=O) groups excluding carboxylic acids is 1. The summed E-state index contributed by atoms with van der Waals surface area (Å²) in [6, 6.07) is 12.9. The average Bonchev–Trinajstić information content (AvgIpc) is 2.54. The van der Waals surface area contributed by atoms with Crippen molar-refractivity contribution < 1.29 is 14.3 Å². The van der Waals surface area contributed by atoms with Gasteiger partial charge in [0.05, 0.1) is 23.8 Å². The number of carbonyl (C=O) groups is 1. The molecule has 2 rings (SSSR count). The quantitative estimate of drug-likeness (QED) is 0.789. The van der Waals surface area contributed by atoms with Gasteiger partial charge < -0.3 is 14.8 Å². The minimum Gasteiger partial charge on any atom is -0.489 e. The molecule has 122 valence electrons. The van der Waals surface area contributed by atoms with Crippen LogP contribution in [0.4, 0.5) is 5.69 Å². The van der Waals surface area contributed by atoms with Gasteiger partial charge in [0.1, 0.15) is 5.75 Å². The zero-order valence-electron chi connectivity index (χ0n) is 13.4. The predicted octanol–water partition coefficient (Wildman–Crippen LogP) is 4.53. The average molecular weight is 334 g/mol. The van der Waals surface area contributed by atoms with Gasteiger partial charge in [-0.2, -0.15) is 0 Å². The number of ether oxygens (including phenoxy) is 2. The molecule has 23 heavy (non-hydrogen) atoms. The molecule has 2 aromatic carbocycles. The Morgan fingerprint density at radius 1 is 1.17 bits per heavy atom. The molecule has 0 unspecified atom stereocenters. The molecule has 0 heterocycles. The van der Waals surface area contributed by atoms with Crippen LogP contribution in [0.2, 0.25) is 5.02 Å². The van der Waals surface area contributed by atoms with Crippen LogP contribution in [0.3, 0.4) is 0 Å². The van der Waals surface area contributed by atoms with Gasteiger partial charge in [-0.05, 0) is 55.8 Å². The molecule has 0 radical (unpaired) electrons.